The molecule has 0 bridgehead atoms. The molecule has 0 saturated heterocycles. The highest BCUT2D eigenvalue weighted by Gasteiger charge is 2.11. The number of nitrogens with one attached hydrogen (secondary N) is 1. The average Bonchev–Trinajstić information content (AvgIpc) is 2.67. The molecule has 134 valence electrons. The fourth-order valence-corrected chi connectivity index (χ4v) is 2.45. The number of carbonyl (C=O) groups is 1. The molecule has 0 fully saturated rings. The lowest BCUT2D eigenvalue weighted by Crippen LogP contribution is -2.25. The highest BCUT2D eigenvalue weighted by Crippen LogP contribution is 2.27. The number of benzene rings is 2. The number of hydrogen-bond donors (Lipinski definition) is 1. The Morgan fingerprint density at radius 1 is 0.840 bits per heavy atom. The van der Waals surface area contributed by atoms with Crippen LogP contribution in [0.2, 0.25) is 0 Å². The van der Waals surface area contributed by atoms with E-state index in [1.165, 1.54) is 7.11 Å². The molecule has 1 N–H and O–H groups in total. The summed E-state index contributed by atoms with van der Waals surface area (Å²) in [7, 11) is 6.31. The molecule has 2 aromatic rings. The third-order valence-electron chi connectivity index (χ3n) is 3.82. The van der Waals surface area contributed by atoms with Gasteiger partial charge in [-0.25, -0.2) is 0 Å². The molecular formula is C19H23NO5. The fourth-order valence-electron chi connectivity index (χ4n) is 2.45. The summed E-state index contributed by atoms with van der Waals surface area (Å²) in [6.07, 6.45) is 0.645. The van der Waals surface area contributed by atoms with Crippen molar-refractivity contribution in [1.29, 1.82) is 0 Å². The molecule has 0 spiro atoms. The second-order valence-corrected chi connectivity index (χ2v) is 5.25. The van der Waals surface area contributed by atoms with E-state index in [2.05, 4.69) is 5.32 Å². The number of carbonyl (C=O) groups excluding carboxylic acids is 1. The minimum atomic E-state index is -0.173. The standard InChI is InChI=1S/C19H23NO5/c1-22-15-7-5-13(17(12-15)24-3)9-10-20-19(21)14-6-8-16(23-2)18(11-14)25-4/h5-8,11-12H,9-10H2,1-4H3,(H,20,21). The molecular weight excluding hydrogens is 322 g/mol. The van der Waals surface area contributed by atoms with E-state index in [1.54, 1.807) is 39.5 Å². The van der Waals surface area contributed by atoms with E-state index >= 15 is 0 Å². The Hall–Kier alpha value is -2.89. The van der Waals surface area contributed by atoms with Gasteiger partial charge in [0.25, 0.3) is 5.91 Å². The molecule has 0 unspecified atom stereocenters. The molecule has 1 amide bonds. The monoisotopic (exact) mass is 345 g/mol. The molecule has 0 aliphatic carbocycles. The van der Waals surface area contributed by atoms with Gasteiger partial charge in [0.15, 0.2) is 11.5 Å². The van der Waals surface area contributed by atoms with E-state index in [-0.39, 0.29) is 5.91 Å². The Balaban J connectivity index is 1.99. The predicted molar refractivity (Wildman–Crippen MR) is 95.1 cm³/mol. The van der Waals surface area contributed by atoms with Crippen molar-refractivity contribution in [2.45, 2.75) is 6.42 Å². The Bertz CT molecular complexity index is 730. The van der Waals surface area contributed by atoms with Gasteiger partial charge in [-0.05, 0) is 36.2 Å². The average molecular weight is 345 g/mol. The van der Waals surface area contributed by atoms with Gasteiger partial charge in [0, 0.05) is 18.2 Å². The molecule has 0 aromatic heterocycles. The first kappa shape index (κ1) is 18.4. The maximum Gasteiger partial charge on any atom is 0.251 e. The van der Waals surface area contributed by atoms with Crippen molar-refractivity contribution in [1.82, 2.24) is 5.32 Å². The lowest BCUT2D eigenvalue weighted by molar-refractivity contribution is 0.0953. The van der Waals surface area contributed by atoms with Crippen LogP contribution in [0.3, 0.4) is 0 Å². The molecule has 0 aliphatic heterocycles. The van der Waals surface area contributed by atoms with Crippen LogP contribution >= 0.6 is 0 Å². The summed E-state index contributed by atoms with van der Waals surface area (Å²) >= 11 is 0. The van der Waals surface area contributed by atoms with Crippen LogP contribution in [0.4, 0.5) is 0 Å². The van der Waals surface area contributed by atoms with Crippen LogP contribution in [-0.2, 0) is 6.42 Å². The highest BCUT2D eigenvalue weighted by atomic mass is 16.5. The summed E-state index contributed by atoms with van der Waals surface area (Å²) in [4.78, 5) is 12.3. The lowest BCUT2D eigenvalue weighted by atomic mass is 10.1. The van der Waals surface area contributed by atoms with E-state index in [0.717, 1.165) is 17.1 Å². The molecule has 6 heteroatoms. The van der Waals surface area contributed by atoms with Crippen LogP contribution in [0.15, 0.2) is 36.4 Å². The topological polar surface area (TPSA) is 66.0 Å². The van der Waals surface area contributed by atoms with E-state index < -0.39 is 0 Å². The Morgan fingerprint density at radius 2 is 1.56 bits per heavy atom. The van der Waals surface area contributed by atoms with Gasteiger partial charge in [0.2, 0.25) is 0 Å². The second-order valence-electron chi connectivity index (χ2n) is 5.25. The summed E-state index contributed by atoms with van der Waals surface area (Å²) in [5, 5.41) is 2.89. The summed E-state index contributed by atoms with van der Waals surface area (Å²) in [5.41, 5.74) is 1.51. The summed E-state index contributed by atoms with van der Waals surface area (Å²) < 4.78 is 20.9. The maximum absolute atomic E-state index is 12.3. The molecule has 0 saturated carbocycles. The highest BCUT2D eigenvalue weighted by molar-refractivity contribution is 5.94. The van der Waals surface area contributed by atoms with Crippen LogP contribution in [0, 0.1) is 0 Å². The zero-order chi connectivity index (χ0) is 18.2. The number of hydrogen-bond acceptors (Lipinski definition) is 5. The van der Waals surface area contributed by atoms with Gasteiger partial charge in [-0.1, -0.05) is 6.07 Å². The van der Waals surface area contributed by atoms with E-state index in [1.807, 2.05) is 18.2 Å². The van der Waals surface area contributed by atoms with Crippen molar-refractivity contribution >= 4 is 5.91 Å². The smallest absolute Gasteiger partial charge is 0.251 e. The van der Waals surface area contributed by atoms with Crippen LogP contribution in [0.1, 0.15) is 15.9 Å². The van der Waals surface area contributed by atoms with Crippen LogP contribution in [0.25, 0.3) is 0 Å². The van der Waals surface area contributed by atoms with Gasteiger partial charge >= 0.3 is 0 Å². The number of methoxy groups -OCH3 is 4. The molecule has 2 rings (SSSR count). The van der Waals surface area contributed by atoms with Crippen LogP contribution in [-0.4, -0.2) is 40.9 Å². The van der Waals surface area contributed by atoms with Gasteiger partial charge in [0.1, 0.15) is 11.5 Å². The first-order valence-corrected chi connectivity index (χ1v) is 7.84. The van der Waals surface area contributed by atoms with Crippen molar-refractivity contribution in [2.75, 3.05) is 35.0 Å². The quantitative estimate of drug-likeness (QED) is 0.797. The van der Waals surface area contributed by atoms with Crippen molar-refractivity contribution in [2.24, 2.45) is 0 Å². The number of ether oxygens (including phenoxy) is 4. The zero-order valence-electron chi connectivity index (χ0n) is 14.9. The van der Waals surface area contributed by atoms with Gasteiger partial charge in [-0.3, -0.25) is 4.79 Å². The molecule has 2 aromatic carbocycles. The normalized spacial score (nSPS) is 10.1. The Labute approximate surface area is 147 Å². The summed E-state index contributed by atoms with van der Waals surface area (Å²) in [6.45, 7) is 0.482. The third kappa shape index (κ3) is 4.56. The Morgan fingerprint density at radius 3 is 2.20 bits per heavy atom. The van der Waals surface area contributed by atoms with Crippen molar-refractivity contribution in [3.8, 4) is 23.0 Å². The maximum atomic E-state index is 12.3. The summed E-state index contributed by atoms with van der Waals surface area (Å²) in [5.74, 6) is 2.40. The first-order valence-electron chi connectivity index (χ1n) is 7.84. The van der Waals surface area contributed by atoms with E-state index in [9.17, 15) is 4.79 Å². The van der Waals surface area contributed by atoms with Crippen LogP contribution in [0.5, 0.6) is 23.0 Å². The third-order valence-corrected chi connectivity index (χ3v) is 3.82. The van der Waals surface area contributed by atoms with E-state index in [0.29, 0.717) is 30.0 Å². The molecule has 0 aliphatic rings. The Kier molecular flexibility index (Phi) is 6.51. The predicted octanol–water partition coefficient (Wildman–Crippen LogP) is 2.69. The van der Waals surface area contributed by atoms with Crippen molar-refractivity contribution in [3.63, 3.8) is 0 Å². The SMILES string of the molecule is COc1ccc(CCNC(=O)c2ccc(OC)c(OC)c2)c(OC)c1. The second kappa shape index (κ2) is 8.82. The largest absolute Gasteiger partial charge is 0.497 e. The molecule has 0 atom stereocenters. The van der Waals surface area contributed by atoms with Crippen LogP contribution < -0.4 is 24.3 Å². The van der Waals surface area contributed by atoms with E-state index in [4.69, 9.17) is 18.9 Å². The molecule has 25 heavy (non-hydrogen) atoms. The van der Waals surface area contributed by atoms with Gasteiger partial charge in [-0.15, -0.1) is 0 Å². The summed E-state index contributed by atoms with van der Waals surface area (Å²) in [6, 6.07) is 10.7. The van der Waals surface area contributed by atoms with Gasteiger partial charge < -0.3 is 24.3 Å². The van der Waals surface area contributed by atoms with Crippen molar-refractivity contribution in [3.05, 3.63) is 47.5 Å². The minimum absolute atomic E-state index is 0.173. The van der Waals surface area contributed by atoms with Gasteiger partial charge in [-0.2, -0.15) is 0 Å². The zero-order valence-corrected chi connectivity index (χ0v) is 14.9. The minimum Gasteiger partial charge on any atom is -0.497 e. The molecule has 0 heterocycles. The molecule has 6 nitrogen and oxygen atoms in total. The first-order chi connectivity index (χ1) is 12.1. The van der Waals surface area contributed by atoms with Gasteiger partial charge in [0.05, 0.1) is 28.4 Å². The number of amides is 1. The molecule has 0 radical (unpaired) electrons. The lowest BCUT2D eigenvalue weighted by Gasteiger charge is -2.12. The fraction of sp³-hybridized carbons (Fsp3) is 0.316. The van der Waals surface area contributed by atoms with Crippen molar-refractivity contribution < 1.29 is 23.7 Å². The number of rotatable bonds is 8.